The average Bonchev–Trinajstić information content (AvgIpc) is 3.71. The minimum absolute atomic E-state index is 0.0445. The van der Waals surface area contributed by atoms with Gasteiger partial charge in [-0.1, -0.05) is 78.9 Å². The molecule has 2 aliphatic heterocycles. The van der Waals surface area contributed by atoms with Crippen molar-refractivity contribution in [3.05, 3.63) is 148 Å². The van der Waals surface area contributed by atoms with Gasteiger partial charge in [0.15, 0.2) is 12.2 Å². The van der Waals surface area contributed by atoms with Crippen molar-refractivity contribution in [2.24, 2.45) is 5.92 Å². The molecule has 0 bridgehead atoms. The minimum atomic E-state index is -2.08. The Kier molecular flexibility index (Phi) is 9.37. The number of carbonyl (C=O) groups excluding carboxylic acids is 2. The van der Waals surface area contributed by atoms with Crippen LogP contribution in [0.1, 0.15) is 41.6 Å². The van der Waals surface area contributed by atoms with Crippen molar-refractivity contribution < 1.29 is 29.5 Å². The molecule has 0 fully saturated rings. The van der Waals surface area contributed by atoms with E-state index in [1.807, 2.05) is 54.6 Å². The van der Waals surface area contributed by atoms with Gasteiger partial charge in [0.25, 0.3) is 17.5 Å². The van der Waals surface area contributed by atoms with Gasteiger partial charge < -0.3 is 19.8 Å². The first-order valence-corrected chi connectivity index (χ1v) is 16.9. The van der Waals surface area contributed by atoms with E-state index in [0.29, 0.717) is 47.0 Å². The Balaban J connectivity index is 1.10. The molecule has 0 saturated carbocycles. The van der Waals surface area contributed by atoms with Crippen LogP contribution in [0.15, 0.2) is 115 Å². The second-order valence-corrected chi connectivity index (χ2v) is 12.8. The fourth-order valence-electron chi connectivity index (χ4n) is 6.85. The van der Waals surface area contributed by atoms with Crippen LogP contribution in [0.5, 0.6) is 5.75 Å². The number of benzene rings is 4. The molecule has 5 aromatic rings. The topological polar surface area (TPSA) is 164 Å². The highest BCUT2D eigenvalue weighted by Crippen LogP contribution is 2.47. The summed E-state index contributed by atoms with van der Waals surface area (Å²) in [5, 5.41) is 42.4. The lowest BCUT2D eigenvalue weighted by atomic mass is 9.82. The summed E-state index contributed by atoms with van der Waals surface area (Å²) in [6.45, 7) is 1.96. The number of non-ortho nitro benzene ring substituents is 1. The molecule has 2 amide bonds. The highest BCUT2D eigenvalue weighted by atomic mass is 16.6. The van der Waals surface area contributed by atoms with Crippen LogP contribution in [0.25, 0.3) is 0 Å². The number of allylic oxidation sites excluding steroid dienone is 1. The quantitative estimate of drug-likeness (QED) is 0.0988. The maximum Gasteiger partial charge on any atom is 0.269 e. The van der Waals surface area contributed by atoms with Crippen LogP contribution in [0.2, 0.25) is 0 Å². The van der Waals surface area contributed by atoms with Gasteiger partial charge in [-0.25, -0.2) is 0 Å². The normalized spacial score (nSPS) is 17.9. The maximum atomic E-state index is 14.2. The van der Waals surface area contributed by atoms with E-state index in [-0.39, 0.29) is 42.8 Å². The fourth-order valence-corrected chi connectivity index (χ4v) is 6.85. The summed E-state index contributed by atoms with van der Waals surface area (Å²) in [4.78, 5) is 41.4. The van der Waals surface area contributed by atoms with Crippen molar-refractivity contribution in [3.63, 3.8) is 0 Å². The van der Waals surface area contributed by atoms with Crippen LogP contribution < -0.4 is 14.5 Å². The SMILES string of the molecule is C[C@H](/C=C/CCn1cc(C(CO)c2ccccc2)nn1)[C@@]1(O)C(=O)N(Cc2cccc(N3C(=O)COc4ccccc43)c2)c2ccc([N+](=O)[O-])cc21. The van der Waals surface area contributed by atoms with E-state index in [2.05, 4.69) is 10.3 Å². The van der Waals surface area contributed by atoms with Gasteiger partial charge in [-0.05, 0) is 47.9 Å². The summed E-state index contributed by atoms with van der Waals surface area (Å²) in [6, 6.07) is 28.1. The average molecular weight is 701 g/mol. The molecule has 3 atom stereocenters. The molecular weight excluding hydrogens is 664 g/mol. The molecule has 3 heterocycles. The number of nitro benzene ring substituents is 1. The number of aromatic nitrogens is 3. The lowest BCUT2D eigenvalue weighted by molar-refractivity contribution is -0.385. The van der Waals surface area contributed by atoms with Gasteiger partial charge >= 0.3 is 0 Å². The molecule has 1 aromatic heterocycles. The minimum Gasteiger partial charge on any atom is -0.482 e. The lowest BCUT2D eigenvalue weighted by Crippen LogP contribution is -2.44. The van der Waals surface area contributed by atoms with Crippen LogP contribution in [0.4, 0.5) is 22.7 Å². The molecule has 4 aromatic carbocycles. The number of anilines is 3. The highest BCUT2D eigenvalue weighted by Gasteiger charge is 2.53. The van der Waals surface area contributed by atoms with Gasteiger partial charge in [-0.15, -0.1) is 5.10 Å². The fraction of sp³-hybridized carbons (Fsp3) is 0.231. The molecule has 0 aliphatic carbocycles. The number of ether oxygens (including phenoxy) is 1. The van der Waals surface area contributed by atoms with Crippen molar-refractivity contribution in [2.45, 2.75) is 38.0 Å². The first-order valence-electron chi connectivity index (χ1n) is 16.9. The molecule has 0 saturated heterocycles. The number of aliphatic hydroxyl groups excluding tert-OH is 1. The van der Waals surface area contributed by atoms with Gasteiger partial charge in [-0.2, -0.15) is 0 Å². The van der Waals surface area contributed by atoms with Crippen LogP contribution in [-0.2, 0) is 28.3 Å². The summed E-state index contributed by atoms with van der Waals surface area (Å²) in [5.74, 6) is -1.35. The summed E-state index contributed by atoms with van der Waals surface area (Å²) in [7, 11) is 0. The molecule has 52 heavy (non-hydrogen) atoms. The number of carbonyl (C=O) groups is 2. The Morgan fingerprint density at radius 3 is 2.58 bits per heavy atom. The second kappa shape index (κ2) is 14.2. The zero-order chi connectivity index (χ0) is 36.4. The molecule has 1 unspecified atom stereocenters. The van der Waals surface area contributed by atoms with Crippen molar-refractivity contribution in [2.75, 3.05) is 23.0 Å². The van der Waals surface area contributed by atoms with E-state index in [1.54, 1.807) is 59.1 Å². The molecule has 13 nitrogen and oxygen atoms in total. The lowest BCUT2D eigenvalue weighted by Gasteiger charge is -2.30. The first kappa shape index (κ1) is 34.3. The number of aryl methyl sites for hydroxylation is 1. The van der Waals surface area contributed by atoms with Gasteiger partial charge in [-0.3, -0.25) is 29.3 Å². The number of aliphatic hydroxyl groups is 2. The standard InChI is InChI=1S/C39H36N6O7/c1-26(10-7-8-19-42-23-33(40-41-42)31(24-46)28-12-3-2-4-13-28)39(49)32-21-30(45(50)51)17-18-34(32)43(38(39)48)22-27-11-9-14-29(20-27)44-35-15-5-6-16-36(35)52-25-37(44)47/h2-7,9-18,20-21,23,26,31,46,49H,8,19,22,24-25H2,1H3/b10-7+/t26-,31?,39+/m1/s1. The Bertz CT molecular complexity index is 2170. The summed E-state index contributed by atoms with van der Waals surface area (Å²) in [5.41, 5.74) is 1.63. The zero-order valence-electron chi connectivity index (χ0n) is 28.3. The largest absolute Gasteiger partial charge is 0.482 e. The summed E-state index contributed by atoms with van der Waals surface area (Å²) >= 11 is 0. The van der Waals surface area contributed by atoms with Gasteiger partial charge in [0.05, 0.1) is 41.1 Å². The van der Waals surface area contributed by atoms with E-state index in [1.165, 1.54) is 23.1 Å². The highest BCUT2D eigenvalue weighted by molar-refractivity contribution is 6.07. The Labute approximate surface area is 299 Å². The van der Waals surface area contributed by atoms with Crippen LogP contribution in [-0.4, -0.2) is 55.2 Å². The molecule has 0 spiro atoms. The molecule has 2 N–H and O–H groups in total. The number of hydrogen-bond donors (Lipinski definition) is 2. The van der Waals surface area contributed by atoms with Gasteiger partial charge in [0.2, 0.25) is 0 Å². The Morgan fingerprint density at radius 2 is 1.79 bits per heavy atom. The number of fused-ring (bicyclic) bond motifs is 2. The molecule has 7 rings (SSSR count). The molecule has 13 heteroatoms. The van der Waals surface area contributed by atoms with Crippen LogP contribution in [0.3, 0.4) is 0 Å². The van der Waals surface area contributed by atoms with Crippen molar-refractivity contribution in [1.29, 1.82) is 0 Å². The van der Waals surface area contributed by atoms with Crippen LogP contribution >= 0.6 is 0 Å². The van der Waals surface area contributed by atoms with E-state index in [4.69, 9.17) is 4.74 Å². The summed E-state index contributed by atoms with van der Waals surface area (Å²) in [6.07, 6.45) is 5.84. The van der Waals surface area contributed by atoms with Gasteiger partial charge in [0.1, 0.15) is 5.75 Å². The molecule has 0 radical (unpaired) electrons. The molecular formula is C39H36N6O7. The number of hydrogen-bond acceptors (Lipinski definition) is 9. The predicted octanol–water partition coefficient (Wildman–Crippen LogP) is 5.38. The second-order valence-electron chi connectivity index (χ2n) is 12.8. The third kappa shape index (κ3) is 6.31. The smallest absolute Gasteiger partial charge is 0.269 e. The van der Waals surface area contributed by atoms with Crippen molar-refractivity contribution >= 4 is 34.6 Å². The monoisotopic (exact) mass is 700 g/mol. The Morgan fingerprint density at radius 1 is 1.00 bits per heavy atom. The third-order valence-electron chi connectivity index (χ3n) is 9.59. The van der Waals surface area contributed by atoms with E-state index >= 15 is 0 Å². The predicted molar refractivity (Wildman–Crippen MR) is 192 cm³/mol. The zero-order valence-corrected chi connectivity index (χ0v) is 28.3. The third-order valence-corrected chi connectivity index (χ3v) is 9.59. The van der Waals surface area contributed by atoms with Gasteiger partial charge in [0, 0.05) is 42.0 Å². The van der Waals surface area contributed by atoms with E-state index in [0.717, 1.165) is 5.56 Å². The number of nitro groups is 1. The number of rotatable bonds is 12. The maximum absolute atomic E-state index is 14.2. The van der Waals surface area contributed by atoms with Crippen molar-refractivity contribution in [1.82, 2.24) is 15.0 Å². The van der Waals surface area contributed by atoms with E-state index < -0.39 is 22.3 Å². The van der Waals surface area contributed by atoms with E-state index in [9.17, 15) is 29.9 Å². The van der Waals surface area contributed by atoms with Crippen molar-refractivity contribution in [3.8, 4) is 5.75 Å². The number of nitrogens with zero attached hydrogens (tertiary/aromatic N) is 6. The number of para-hydroxylation sites is 2. The molecule has 264 valence electrons. The Hall–Kier alpha value is -6.18. The molecule has 2 aliphatic rings. The number of amides is 2. The summed E-state index contributed by atoms with van der Waals surface area (Å²) < 4.78 is 7.27. The first-order chi connectivity index (χ1) is 25.2. The van der Waals surface area contributed by atoms with Crippen LogP contribution in [0, 0.1) is 16.0 Å².